The van der Waals surface area contributed by atoms with Gasteiger partial charge in [-0.2, -0.15) is 0 Å². The molecule has 126 valence electrons. The summed E-state index contributed by atoms with van der Waals surface area (Å²) in [6, 6.07) is 0.0621. The van der Waals surface area contributed by atoms with Crippen LogP contribution in [-0.4, -0.2) is 58.2 Å². The predicted molar refractivity (Wildman–Crippen MR) is 97.3 cm³/mol. The lowest BCUT2D eigenvalue weighted by Crippen LogP contribution is -2.43. The third-order valence-corrected chi connectivity index (χ3v) is 4.10. The number of hydrogen-bond donors (Lipinski definition) is 2. The molecule has 0 aliphatic carbocycles. The Labute approximate surface area is 145 Å². The van der Waals surface area contributed by atoms with E-state index in [4.69, 9.17) is 4.74 Å². The van der Waals surface area contributed by atoms with Crippen LogP contribution in [-0.2, 0) is 14.6 Å². The van der Waals surface area contributed by atoms with Crippen LogP contribution in [0.4, 0.5) is 0 Å². The first kappa shape index (κ1) is 20.9. The highest BCUT2D eigenvalue weighted by molar-refractivity contribution is 14.0. The molecule has 2 unspecified atom stereocenters. The van der Waals surface area contributed by atoms with Crippen molar-refractivity contribution >= 4 is 39.8 Å². The van der Waals surface area contributed by atoms with Crippen molar-refractivity contribution in [2.45, 2.75) is 45.3 Å². The lowest BCUT2D eigenvalue weighted by molar-refractivity contribution is 0.117. The molecule has 1 heterocycles. The number of nitrogens with zero attached hydrogens (tertiary/aromatic N) is 1. The van der Waals surface area contributed by atoms with Gasteiger partial charge in [-0.15, -0.1) is 24.0 Å². The van der Waals surface area contributed by atoms with Crippen molar-refractivity contribution in [3.63, 3.8) is 0 Å². The topological polar surface area (TPSA) is 79.8 Å². The van der Waals surface area contributed by atoms with Crippen molar-refractivity contribution in [1.82, 2.24) is 10.6 Å². The van der Waals surface area contributed by atoms with E-state index >= 15 is 0 Å². The summed E-state index contributed by atoms with van der Waals surface area (Å²) in [6.07, 6.45) is 4.22. The minimum Gasteiger partial charge on any atom is -0.376 e. The molecule has 1 fully saturated rings. The van der Waals surface area contributed by atoms with Crippen molar-refractivity contribution < 1.29 is 13.2 Å². The molecule has 2 N–H and O–H groups in total. The molecule has 0 bridgehead atoms. The zero-order chi connectivity index (χ0) is 15.0. The highest BCUT2D eigenvalue weighted by atomic mass is 127. The van der Waals surface area contributed by atoms with Gasteiger partial charge in [0.1, 0.15) is 9.84 Å². The molecular formula is C13H28IN3O3S. The average molecular weight is 433 g/mol. The molecule has 1 saturated heterocycles. The Hall–Kier alpha value is -0.0900. The number of halogens is 1. The van der Waals surface area contributed by atoms with Crippen molar-refractivity contribution in [2.24, 2.45) is 4.99 Å². The zero-order valence-electron chi connectivity index (χ0n) is 13.1. The van der Waals surface area contributed by atoms with Crippen LogP contribution in [0.3, 0.4) is 0 Å². The van der Waals surface area contributed by atoms with E-state index in [0.717, 1.165) is 32.0 Å². The van der Waals surface area contributed by atoms with E-state index < -0.39 is 9.84 Å². The van der Waals surface area contributed by atoms with E-state index in [1.807, 2.05) is 13.8 Å². The lowest BCUT2D eigenvalue weighted by Gasteiger charge is -2.18. The summed E-state index contributed by atoms with van der Waals surface area (Å²) < 4.78 is 27.9. The minimum absolute atomic E-state index is 0. The second kappa shape index (κ2) is 10.6. The first-order valence-corrected chi connectivity index (χ1v) is 9.31. The van der Waals surface area contributed by atoms with Crippen LogP contribution in [0.1, 0.15) is 33.1 Å². The number of guanidine groups is 1. The summed E-state index contributed by atoms with van der Waals surface area (Å²) in [5, 5.41) is 6.40. The van der Waals surface area contributed by atoms with Gasteiger partial charge in [-0.05, 0) is 33.1 Å². The van der Waals surface area contributed by atoms with Crippen molar-refractivity contribution in [3.8, 4) is 0 Å². The molecule has 1 aliphatic heterocycles. The van der Waals surface area contributed by atoms with E-state index in [-0.39, 0.29) is 41.9 Å². The molecule has 0 aromatic rings. The fraction of sp³-hybridized carbons (Fsp3) is 0.923. The van der Waals surface area contributed by atoms with Gasteiger partial charge in [0.05, 0.1) is 18.4 Å². The second-order valence-corrected chi connectivity index (χ2v) is 7.58. The first-order valence-electron chi connectivity index (χ1n) is 7.25. The molecule has 0 radical (unpaired) electrons. The Morgan fingerprint density at radius 1 is 1.48 bits per heavy atom. The lowest BCUT2D eigenvalue weighted by atomic mass is 10.2. The third-order valence-electron chi connectivity index (χ3n) is 3.13. The Bertz CT molecular complexity index is 409. The Morgan fingerprint density at radius 3 is 2.71 bits per heavy atom. The Balaban J connectivity index is 0.00000400. The van der Waals surface area contributed by atoms with Crippen LogP contribution < -0.4 is 10.6 Å². The Kier molecular flexibility index (Phi) is 10.6. The van der Waals surface area contributed by atoms with Crippen LogP contribution in [0.5, 0.6) is 0 Å². The summed E-state index contributed by atoms with van der Waals surface area (Å²) in [5.41, 5.74) is 0. The quantitative estimate of drug-likeness (QED) is 0.358. The van der Waals surface area contributed by atoms with Crippen molar-refractivity contribution in [3.05, 3.63) is 0 Å². The number of hydrogen-bond acceptors (Lipinski definition) is 4. The van der Waals surface area contributed by atoms with Crippen LogP contribution in [0.2, 0.25) is 0 Å². The summed E-state index contributed by atoms with van der Waals surface area (Å²) in [5.74, 6) is 0.913. The molecule has 6 nitrogen and oxygen atoms in total. The fourth-order valence-electron chi connectivity index (χ4n) is 2.00. The van der Waals surface area contributed by atoms with Gasteiger partial charge < -0.3 is 15.4 Å². The van der Waals surface area contributed by atoms with Gasteiger partial charge >= 0.3 is 0 Å². The monoisotopic (exact) mass is 433 g/mol. The van der Waals surface area contributed by atoms with E-state index in [1.54, 1.807) is 0 Å². The second-order valence-electron chi connectivity index (χ2n) is 5.32. The van der Waals surface area contributed by atoms with Crippen LogP contribution in [0.15, 0.2) is 4.99 Å². The summed E-state index contributed by atoms with van der Waals surface area (Å²) in [4.78, 5) is 4.50. The number of nitrogens with one attached hydrogen (secondary N) is 2. The number of rotatable bonds is 7. The van der Waals surface area contributed by atoms with Gasteiger partial charge in [-0.25, -0.2) is 8.42 Å². The van der Waals surface area contributed by atoms with Gasteiger partial charge in [0.25, 0.3) is 0 Å². The van der Waals surface area contributed by atoms with Gasteiger partial charge in [0, 0.05) is 25.4 Å². The van der Waals surface area contributed by atoms with Gasteiger partial charge in [0.2, 0.25) is 0 Å². The maximum absolute atomic E-state index is 11.2. The summed E-state index contributed by atoms with van der Waals surface area (Å²) in [6.45, 7) is 6.22. The molecule has 8 heteroatoms. The van der Waals surface area contributed by atoms with Crippen LogP contribution in [0, 0.1) is 0 Å². The largest absolute Gasteiger partial charge is 0.376 e. The van der Waals surface area contributed by atoms with E-state index in [2.05, 4.69) is 15.6 Å². The van der Waals surface area contributed by atoms with Crippen LogP contribution in [0.25, 0.3) is 0 Å². The van der Waals surface area contributed by atoms with E-state index in [9.17, 15) is 8.42 Å². The molecule has 2 atom stereocenters. The number of aliphatic imine (C=N–C) groups is 1. The van der Waals surface area contributed by atoms with Gasteiger partial charge in [-0.1, -0.05) is 0 Å². The average Bonchev–Trinajstić information content (AvgIpc) is 2.86. The highest BCUT2D eigenvalue weighted by Crippen LogP contribution is 2.11. The van der Waals surface area contributed by atoms with Gasteiger partial charge in [0.15, 0.2) is 5.96 Å². The normalized spacial score (nSPS) is 20.7. The molecule has 1 rings (SSSR count). The molecular weight excluding hydrogens is 405 g/mol. The molecule has 0 spiro atoms. The maximum atomic E-state index is 11.2. The summed E-state index contributed by atoms with van der Waals surface area (Å²) >= 11 is 0. The standard InChI is InChI=1S/C13H27N3O3S.HI/c1-4-14-13(15-10-12-6-5-8-19-12)16-11(2)7-9-20(3,17)18;/h11-12H,4-10H2,1-3H3,(H2,14,15,16);1H. The molecule has 0 aromatic heterocycles. The number of sulfone groups is 1. The Morgan fingerprint density at radius 2 is 2.19 bits per heavy atom. The van der Waals surface area contributed by atoms with Gasteiger partial charge in [-0.3, -0.25) is 4.99 Å². The van der Waals surface area contributed by atoms with Crippen molar-refractivity contribution in [2.75, 3.05) is 31.7 Å². The SMILES string of the molecule is CCNC(=NCC1CCCO1)NC(C)CCS(C)(=O)=O.I. The maximum Gasteiger partial charge on any atom is 0.191 e. The fourth-order valence-corrected chi connectivity index (χ4v) is 2.78. The molecule has 0 amide bonds. The smallest absolute Gasteiger partial charge is 0.191 e. The molecule has 0 saturated carbocycles. The highest BCUT2D eigenvalue weighted by Gasteiger charge is 2.15. The molecule has 21 heavy (non-hydrogen) atoms. The zero-order valence-corrected chi connectivity index (χ0v) is 16.2. The van der Waals surface area contributed by atoms with Crippen molar-refractivity contribution in [1.29, 1.82) is 0 Å². The van der Waals surface area contributed by atoms with E-state index in [0.29, 0.717) is 13.0 Å². The van der Waals surface area contributed by atoms with Crippen LogP contribution >= 0.6 is 24.0 Å². The number of ether oxygens (including phenoxy) is 1. The molecule has 1 aliphatic rings. The summed E-state index contributed by atoms with van der Waals surface area (Å²) in [7, 11) is -2.91. The van der Waals surface area contributed by atoms with E-state index in [1.165, 1.54) is 6.26 Å². The third kappa shape index (κ3) is 10.3. The molecule has 0 aromatic carbocycles. The first-order chi connectivity index (χ1) is 9.40. The predicted octanol–water partition coefficient (Wildman–Crippen LogP) is 1.16. The minimum atomic E-state index is -2.91.